The Balaban J connectivity index is 1.37. The molecule has 3 atom stereocenters. The number of anilines is 1. The molecule has 0 saturated heterocycles. The van der Waals surface area contributed by atoms with Gasteiger partial charge in [0.25, 0.3) is 0 Å². The summed E-state index contributed by atoms with van der Waals surface area (Å²) in [6, 6.07) is 18.0. The molecule has 32 heavy (non-hydrogen) atoms. The zero-order valence-electron chi connectivity index (χ0n) is 17.9. The van der Waals surface area contributed by atoms with Crippen LogP contribution in [0, 0.1) is 0 Å². The minimum atomic E-state index is 0.0895. The van der Waals surface area contributed by atoms with E-state index in [2.05, 4.69) is 107 Å². The first-order valence-corrected chi connectivity index (χ1v) is 11.7. The van der Waals surface area contributed by atoms with Crippen LogP contribution >= 0.6 is 0 Å². The van der Waals surface area contributed by atoms with Gasteiger partial charge in [0.1, 0.15) is 12.0 Å². The molecule has 3 aromatic rings. The minimum Gasteiger partial charge on any atom is -0.342 e. The molecule has 0 bridgehead atoms. The molecule has 0 radical (unpaired) electrons. The van der Waals surface area contributed by atoms with E-state index >= 15 is 0 Å². The van der Waals surface area contributed by atoms with Crippen LogP contribution in [0.5, 0.6) is 0 Å². The van der Waals surface area contributed by atoms with Crippen molar-refractivity contribution >= 4 is 28.5 Å². The standard InChI is InChI=1S/C29H25N3/c1-5-14-24-20(10-1)21-11-2-6-15-25(21)31(24)28-18-9-19-29(30-28)32-26-16-7-3-12-22(26)23-13-4-8-17-27(23)32/h1-3,5-12,14-17,19-20,24,28H,4,13,18H2. The van der Waals surface area contributed by atoms with E-state index in [1.807, 2.05) is 0 Å². The zero-order chi connectivity index (χ0) is 21.1. The van der Waals surface area contributed by atoms with Gasteiger partial charge in [0.2, 0.25) is 0 Å². The average Bonchev–Trinajstić information content (AvgIpc) is 3.37. The summed E-state index contributed by atoms with van der Waals surface area (Å²) in [4.78, 5) is 7.92. The van der Waals surface area contributed by atoms with Crippen molar-refractivity contribution < 1.29 is 0 Å². The molecule has 0 saturated carbocycles. The highest BCUT2D eigenvalue weighted by molar-refractivity contribution is 6.05. The molecule has 2 aliphatic heterocycles. The van der Waals surface area contributed by atoms with Crippen molar-refractivity contribution in [3.63, 3.8) is 0 Å². The summed E-state index contributed by atoms with van der Waals surface area (Å²) < 4.78 is 2.37. The fourth-order valence-electron chi connectivity index (χ4n) is 5.96. The molecule has 3 heteroatoms. The molecular formula is C29H25N3. The number of nitrogens with zero attached hydrogens (tertiary/aromatic N) is 3. The lowest BCUT2D eigenvalue weighted by atomic mass is 9.91. The molecule has 4 aliphatic rings. The molecule has 0 amide bonds. The third-order valence-corrected chi connectivity index (χ3v) is 7.30. The second-order valence-electron chi connectivity index (χ2n) is 9.02. The Morgan fingerprint density at radius 3 is 2.75 bits per heavy atom. The second kappa shape index (κ2) is 6.96. The van der Waals surface area contributed by atoms with Crippen molar-refractivity contribution in [2.45, 2.75) is 37.4 Å². The normalized spacial score (nSPS) is 25.1. The number of fused-ring (bicyclic) bond motifs is 6. The van der Waals surface area contributed by atoms with Gasteiger partial charge in [0, 0.05) is 23.4 Å². The smallest absolute Gasteiger partial charge is 0.134 e. The van der Waals surface area contributed by atoms with Crippen molar-refractivity contribution in [3.8, 4) is 0 Å². The third-order valence-electron chi connectivity index (χ3n) is 7.30. The molecule has 2 aromatic carbocycles. The fourth-order valence-corrected chi connectivity index (χ4v) is 5.96. The van der Waals surface area contributed by atoms with Crippen LogP contribution in [0.3, 0.4) is 0 Å². The van der Waals surface area contributed by atoms with Gasteiger partial charge in [-0.3, -0.25) is 4.57 Å². The highest BCUT2D eigenvalue weighted by atomic mass is 15.3. The number of rotatable bonds is 1. The van der Waals surface area contributed by atoms with Crippen LogP contribution in [-0.2, 0) is 6.42 Å². The lowest BCUT2D eigenvalue weighted by Crippen LogP contribution is -2.42. The van der Waals surface area contributed by atoms with Crippen molar-refractivity contribution in [1.29, 1.82) is 0 Å². The Kier molecular flexibility index (Phi) is 3.92. The summed E-state index contributed by atoms with van der Waals surface area (Å²) in [6.07, 6.45) is 21.4. The monoisotopic (exact) mass is 415 g/mol. The van der Waals surface area contributed by atoms with Crippen LogP contribution in [-0.4, -0.2) is 22.6 Å². The summed E-state index contributed by atoms with van der Waals surface area (Å²) in [6.45, 7) is 0. The molecule has 2 aliphatic carbocycles. The number of aromatic nitrogens is 1. The highest BCUT2D eigenvalue weighted by Gasteiger charge is 2.40. The Bertz CT molecular complexity index is 1380. The SMILES string of the molecule is C1=CC2c3ccccc3N(C3CC=CC(n4c5c(c6ccccc64)CCC=C5)=N3)C2C=C1. The van der Waals surface area contributed by atoms with E-state index in [1.165, 1.54) is 33.4 Å². The minimum absolute atomic E-state index is 0.0895. The summed E-state index contributed by atoms with van der Waals surface area (Å²) in [5.74, 6) is 1.45. The van der Waals surface area contributed by atoms with Crippen LogP contribution in [0.25, 0.3) is 17.0 Å². The molecule has 3 unspecified atom stereocenters. The number of aryl methyl sites for hydroxylation is 1. The van der Waals surface area contributed by atoms with Crippen LogP contribution in [0.15, 0.2) is 96.1 Å². The Morgan fingerprint density at radius 1 is 0.875 bits per heavy atom. The van der Waals surface area contributed by atoms with Crippen molar-refractivity contribution in [2.24, 2.45) is 4.99 Å². The second-order valence-corrected chi connectivity index (χ2v) is 9.02. The topological polar surface area (TPSA) is 20.5 Å². The van der Waals surface area contributed by atoms with Gasteiger partial charge in [-0.05, 0) is 48.3 Å². The molecule has 7 rings (SSSR count). The third kappa shape index (κ3) is 2.51. The lowest BCUT2D eigenvalue weighted by Gasteiger charge is -2.35. The van der Waals surface area contributed by atoms with Crippen molar-refractivity contribution in [2.75, 3.05) is 4.90 Å². The van der Waals surface area contributed by atoms with Gasteiger partial charge in [0.05, 0.1) is 17.3 Å². The molecule has 3 nitrogen and oxygen atoms in total. The van der Waals surface area contributed by atoms with Gasteiger partial charge in [0.15, 0.2) is 0 Å². The van der Waals surface area contributed by atoms with E-state index in [-0.39, 0.29) is 6.17 Å². The Morgan fingerprint density at radius 2 is 1.75 bits per heavy atom. The predicted molar refractivity (Wildman–Crippen MR) is 133 cm³/mol. The summed E-state index contributed by atoms with van der Waals surface area (Å²) in [5.41, 5.74) is 6.74. The number of hydrogen-bond donors (Lipinski definition) is 0. The van der Waals surface area contributed by atoms with Gasteiger partial charge in [-0.2, -0.15) is 0 Å². The van der Waals surface area contributed by atoms with Crippen LogP contribution < -0.4 is 4.90 Å². The predicted octanol–water partition coefficient (Wildman–Crippen LogP) is 6.23. The number of para-hydroxylation sites is 2. The number of dihydropyridines is 1. The van der Waals surface area contributed by atoms with E-state index in [4.69, 9.17) is 4.99 Å². The first-order chi connectivity index (χ1) is 15.9. The van der Waals surface area contributed by atoms with E-state index in [0.29, 0.717) is 12.0 Å². The van der Waals surface area contributed by atoms with Gasteiger partial charge < -0.3 is 4.90 Å². The number of benzene rings is 2. The number of aliphatic imine (C=N–C) groups is 1. The van der Waals surface area contributed by atoms with Crippen molar-refractivity contribution in [1.82, 2.24) is 4.57 Å². The van der Waals surface area contributed by atoms with Crippen LogP contribution in [0.2, 0.25) is 0 Å². The van der Waals surface area contributed by atoms with Gasteiger partial charge in [-0.15, -0.1) is 0 Å². The molecule has 0 spiro atoms. The van der Waals surface area contributed by atoms with Gasteiger partial charge in [-0.25, -0.2) is 4.99 Å². The molecule has 1 aromatic heterocycles. The van der Waals surface area contributed by atoms with E-state index in [1.54, 1.807) is 0 Å². The maximum Gasteiger partial charge on any atom is 0.134 e. The largest absolute Gasteiger partial charge is 0.342 e. The van der Waals surface area contributed by atoms with Crippen LogP contribution in [0.4, 0.5) is 5.69 Å². The Labute approximate surface area is 188 Å². The maximum absolute atomic E-state index is 5.38. The lowest BCUT2D eigenvalue weighted by molar-refractivity contribution is 0.564. The Hall–Kier alpha value is -3.59. The maximum atomic E-state index is 5.38. The average molecular weight is 416 g/mol. The van der Waals surface area contributed by atoms with E-state index in [9.17, 15) is 0 Å². The van der Waals surface area contributed by atoms with Gasteiger partial charge in [-0.1, -0.05) is 72.9 Å². The molecule has 3 heterocycles. The fraction of sp³-hybridized carbons (Fsp3) is 0.207. The highest BCUT2D eigenvalue weighted by Crippen LogP contribution is 2.45. The molecule has 0 fully saturated rings. The van der Waals surface area contributed by atoms with E-state index < -0.39 is 0 Å². The van der Waals surface area contributed by atoms with Gasteiger partial charge >= 0.3 is 0 Å². The summed E-state index contributed by atoms with van der Waals surface area (Å²) in [5, 5.41) is 1.36. The quantitative estimate of drug-likeness (QED) is 0.461. The zero-order valence-corrected chi connectivity index (χ0v) is 17.9. The first kappa shape index (κ1) is 18.0. The number of hydrogen-bond acceptors (Lipinski definition) is 2. The molecule has 156 valence electrons. The summed E-state index contributed by atoms with van der Waals surface area (Å²) in [7, 11) is 0. The van der Waals surface area contributed by atoms with E-state index in [0.717, 1.165) is 25.1 Å². The molecular weight excluding hydrogens is 390 g/mol. The molecule has 0 N–H and O–H groups in total. The number of allylic oxidation sites excluding steroid dienone is 4. The first-order valence-electron chi connectivity index (χ1n) is 11.7. The van der Waals surface area contributed by atoms with Crippen LogP contribution in [0.1, 0.15) is 35.6 Å². The van der Waals surface area contributed by atoms with Crippen molar-refractivity contribution in [3.05, 3.63) is 108 Å². The summed E-state index contributed by atoms with van der Waals surface area (Å²) >= 11 is 0.